The van der Waals surface area contributed by atoms with Gasteiger partial charge in [-0.05, 0) is 175 Å². The smallest absolute Gasteiger partial charge is 0.254 e. The number of carbonyl (C=O) groups is 7. The highest BCUT2D eigenvalue weighted by Gasteiger charge is 2.25. The average molecular weight is 2000 g/mol. The number of amides is 7. The number of fused-ring (bicyclic) bond motifs is 5. The van der Waals surface area contributed by atoms with Gasteiger partial charge in [-0.3, -0.25) is 33.6 Å². The SMILES string of the molecule is CC(C)C.CC(C)C.CC(C)C.CC(C)C.CN1Cc2ccccc2CC1=O.CN1Cc2ccccc2CC1=O.CN1Cc2ccccc2CC1=O.CN1Cc2ccccc2CC1=O.CN1Cc2ccccc2CC1=O.CNC(=O)c1ccccc1OC.CNC(=O)c1ccccc1OC.CNS(=O)(=O)c1ccccc1OC.CNS(=O)(=O)c1ccccc1OC.CNS(=O)(=O)c1ccccc1OC(C)C. The van der Waals surface area contributed by atoms with E-state index < -0.39 is 30.1 Å². The first-order valence-electron chi connectivity index (χ1n) is 46.6. The average Bonchev–Trinajstić information content (AvgIpc) is 0.829. The number of sulfonamides is 3. The Morgan fingerprint density at radius 2 is 0.418 bits per heavy atom. The van der Waals surface area contributed by atoms with Crippen LogP contribution in [-0.4, -0.2) is 196 Å². The van der Waals surface area contributed by atoms with Gasteiger partial charge in [0, 0.05) is 82.1 Å². The molecule has 770 valence electrons. The summed E-state index contributed by atoms with van der Waals surface area (Å²) in [5, 5.41) is 5.07. The van der Waals surface area contributed by atoms with Crippen molar-refractivity contribution >= 4 is 71.4 Å². The highest BCUT2D eigenvalue weighted by Crippen LogP contribution is 2.28. The summed E-state index contributed by atoms with van der Waals surface area (Å²) in [5.41, 5.74) is 13.4. The molecule has 5 aliphatic rings. The van der Waals surface area contributed by atoms with Crippen molar-refractivity contribution in [3.63, 3.8) is 0 Å². The van der Waals surface area contributed by atoms with Gasteiger partial charge < -0.3 is 58.8 Å². The summed E-state index contributed by atoms with van der Waals surface area (Å²) in [7, 11) is 12.2. The van der Waals surface area contributed by atoms with E-state index in [1.54, 1.807) is 144 Å². The van der Waals surface area contributed by atoms with Crippen LogP contribution in [0.5, 0.6) is 28.7 Å². The first-order valence-corrected chi connectivity index (χ1v) is 51.1. The molecule has 10 aromatic carbocycles. The Hall–Kier alpha value is -12.8. The van der Waals surface area contributed by atoms with Gasteiger partial charge in [0.1, 0.15) is 43.4 Å². The highest BCUT2D eigenvalue weighted by molar-refractivity contribution is 7.90. The first kappa shape index (κ1) is 124. The predicted octanol–water partition coefficient (Wildman–Crippen LogP) is 17.4. The second-order valence-electron chi connectivity index (χ2n) is 35.5. The summed E-state index contributed by atoms with van der Waals surface area (Å²) in [6.45, 7) is 33.5. The van der Waals surface area contributed by atoms with Gasteiger partial charge in [0.25, 0.3) is 11.8 Å². The van der Waals surface area contributed by atoms with Crippen LogP contribution in [0.1, 0.15) is 173 Å². The molecule has 0 spiro atoms. The van der Waals surface area contributed by atoms with Gasteiger partial charge in [-0.25, -0.2) is 39.4 Å². The number of hydrogen-bond donors (Lipinski definition) is 5. The minimum atomic E-state index is -3.45. The molecule has 0 saturated carbocycles. The van der Waals surface area contributed by atoms with Crippen LogP contribution in [0, 0.1) is 23.7 Å². The summed E-state index contributed by atoms with van der Waals surface area (Å²) >= 11 is 0. The normalized spacial score (nSPS) is 12.7. The third kappa shape index (κ3) is 46.0. The van der Waals surface area contributed by atoms with Crippen molar-refractivity contribution in [1.82, 2.24) is 49.3 Å². The molecule has 0 aromatic heterocycles. The Morgan fingerprint density at radius 3 is 0.603 bits per heavy atom. The quantitative estimate of drug-likeness (QED) is 0.0675. The maximum atomic E-state index is 11.6. The fraction of sp³-hybridized carbons (Fsp3) is 0.391. The van der Waals surface area contributed by atoms with E-state index in [0.717, 1.165) is 56.4 Å². The van der Waals surface area contributed by atoms with Crippen LogP contribution in [0.3, 0.4) is 0 Å². The van der Waals surface area contributed by atoms with E-state index in [-0.39, 0.29) is 62.1 Å². The highest BCUT2D eigenvalue weighted by atomic mass is 32.2. The molecule has 0 saturated heterocycles. The van der Waals surface area contributed by atoms with Gasteiger partial charge in [0.2, 0.25) is 59.6 Å². The first-order chi connectivity index (χ1) is 66.6. The number of nitrogens with zero attached hydrogens (tertiary/aromatic N) is 5. The summed E-state index contributed by atoms with van der Waals surface area (Å²) < 4.78 is 101. The fourth-order valence-electron chi connectivity index (χ4n) is 12.6. The molecule has 0 atom stereocenters. The zero-order valence-electron chi connectivity index (χ0n) is 87.9. The van der Waals surface area contributed by atoms with E-state index in [4.69, 9.17) is 23.7 Å². The Balaban J connectivity index is 0.000000521. The molecule has 0 aliphatic carbocycles. The topological polar surface area (TPSA) is 344 Å². The van der Waals surface area contributed by atoms with Gasteiger partial charge in [-0.2, -0.15) is 0 Å². The van der Waals surface area contributed by atoms with Gasteiger partial charge in [0.05, 0.1) is 77.8 Å². The second kappa shape index (κ2) is 65.3. The maximum Gasteiger partial charge on any atom is 0.254 e. The molecule has 7 amide bonds. The molecule has 5 N–H and O–H groups in total. The zero-order chi connectivity index (χ0) is 106. The van der Waals surface area contributed by atoms with Crippen LogP contribution >= 0.6 is 0 Å². The third-order valence-corrected chi connectivity index (χ3v) is 24.0. The van der Waals surface area contributed by atoms with Crippen molar-refractivity contribution in [3.05, 3.63) is 309 Å². The number of para-hydroxylation sites is 5. The van der Waals surface area contributed by atoms with Gasteiger partial charge in [-0.1, -0.05) is 265 Å². The van der Waals surface area contributed by atoms with Crippen LogP contribution < -0.4 is 48.5 Å². The lowest BCUT2D eigenvalue weighted by Crippen LogP contribution is -2.32. The number of carbonyl (C=O) groups excluding carboxylic acids is 7. The van der Waals surface area contributed by atoms with Crippen molar-refractivity contribution in [1.29, 1.82) is 0 Å². The molecule has 5 aliphatic heterocycles. The zero-order valence-corrected chi connectivity index (χ0v) is 90.3. The van der Waals surface area contributed by atoms with E-state index in [1.165, 1.54) is 109 Å². The number of hydrogen-bond acceptors (Lipinski definition) is 18. The van der Waals surface area contributed by atoms with Gasteiger partial charge >= 0.3 is 0 Å². The minimum Gasteiger partial charge on any atom is -0.496 e. The van der Waals surface area contributed by atoms with Gasteiger partial charge in [-0.15, -0.1) is 0 Å². The van der Waals surface area contributed by atoms with Crippen LogP contribution in [0.4, 0.5) is 0 Å². The fourth-order valence-corrected chi connectivity index (χ4v) is 15.2. The summed E-state index contributed by atoms with van der Waals surface area (Å²) in [5.74, 6) is 6.41. The van der Waals surface area contributed by atoms with Crippen molar-refractivity contribution in [2.75, 3.05) is 98.9 Å². The lowest BCUT2D eigenvalue weighted by atomic mass is 10.00. The summed E-state index contributed by atoms with van der Waals surface area (Å²) in [4.78, 5) is 88.1. The van der Waals surface area contributed by atoms with E-state index >= 15 is 0 Å². The summed E-state index contributed by atoms with van der Waals surface area (Å²) in [6, 6.07) is 74.2. The van der Waals surface area contributed by atoms with Crippen LogP contribution in [0.2, 0.25) is 0 Å². The standard InChI is InChI=1S/C10H15NO3S.5C10H11NO.2C9H11NO2.2C8H11NO3S.4C4H10/c1-8(2)14-9-6-4-5-7-10(9)15(12,13)11-3;5*1-11-7-9-5-3-2-4-8(9)6-10(11)12;2*1-10-9(11)7-5-3-4-6-8(7)12-2;2*1-9-13(10,11)8-6-4-3-5-7(8)12-2;4*1-4(2)3/h4-8,11H,1-3H3;5*2-5H,6-7H2,1H3;2*3-6H,1-2H3,(H,10,11);2*3-6,9H,1-2H3;4*4H,1-3H3. The Kier molecular flexibility index (Phi) is 57.5. The molecule has 5 heterocycles. The van der Waals surface area contributed by atoms with Crippen LogP contribution in [0.25, 0.3) is 0 Å². The Labute approximate surface area is 841 Å². The predicted molar refractivity (Wildman–Crippen MR) is 565 cm³/mol. The number of benzene rings is 10. The molecule has 0 unspecified atom stereocenters. The monoisotopic (exact) mass is 2000 g/mol. The minimum absolute atomic E-state index is 0.0572. The van der Waals surface area contributed by atoms with E-state index in [9.17, 15) is 58.8 Å². The largest absolute Gasteiger partial charge is 0.496 e. The number of rotatable bonds is 14. The van der Waals surface area contributed by atoms with Crippen LogP contribution in [-0.2, 0) is 119 Å². The van der Waals surface area contributed by atoms with Crippen molar-refractivity contribution < 1.29 is 82.5 Å². The van der Waals surface area contributed by atoms with Gasteiger partial charge in [0.15, 0.2) is 0 Å². The van der Waals surface area contributed by atoms with Crippen molar-refractivity contribution in [2.45, 2.75) is 183 Å². The molecule has 0 bridgehead atoms. The lowest BCUT2D eigenvalue weighted by molar-refractivity contribution is -0.131. The van der Waals surface area contributed by atoms with E-state index in [0.29, 0.717) is 72.0 Å². The number of nitrogens with one attached hydrogen (secondary N) is 5. The van der Waals surface area contributed by atoms with E-state index in [1.807, 2.05) is 152 Å². The van der Waals surface area contributed by atoms with Crippen molar-refractivity contribution in [3.8, 4) is 28.7 Å². The Bertz CT molecular complexity index is 5320. The number of methoxy groups -OCH3 is 4. The third-order valence-electron chi connectivity index (χ3n) is 19.6. The Morgan fingerprint density at radius 1 is 0.255 bits per heavy atom. The molecule has 0 radical (unpaired) electrons. The molecule has 141 heavy (non-hydrogen) atoms. The molecular formula is C110H154N10O18S3. The second-order valence-corrected chi connectivity index (χ2v) is 41.1. The molecule has 0 fully saturated rings. The van der Waals surface area contributed by atoms with Crippen molar-refractivity contribution in [2.24, 2.45) is 23.7 Å². The van der Waals surface area contributed by atoms with Crippen LogP contribution in [0.15, 0.2) is 257 Å². The number of likely N-dealkylation sites (N-methyl/N-ethyl adjacent to an activating group) is 5. The molecule has 28 nitrogen and oxygen atoms in total. The maximum absolute atomic E-state index is 11.6. The molecular weight excluding hydrogens is 1850 g/mol. The molecule has 10 aromatic rings. The number of ether oxygens (including phenoxy) is 5. The molecule has 31 heteroatoms. The summed E-state index contributed by atoms with van der Waals surface area (Å²) in [6.07, 6.45) is 2.75. The van der Waals surface area contributed by atoms with E-state index in [2.05, 4.69) is 138 Å². The molecule has 15 rings (SSSR count). The lowest BCUT2D eigenvalue weighted by Gasteiger charge is -2.24.